The number of ether oxygens (including phenoxy) is 1. The van der Waals surface area contributed by atoms with Crippen LogP contribution in [0.3, 0.4) is 0 Å². The maximum atomic E-state index is 13.4. The van der Waals surface area contributed by atoms with Crippen LogP contribution in [0.15, 0.2) is 6.07 Å². The van der Waals surface area contributed by atoms with Gasteiger partial charge in [-0.25, -0.2) is 8.78 Å². The van der Waals surface area contributed by atoms with Crippen molar-refractivity contribution in [2.75, 3.05) is 6.61 Å². The molecule has 1 aromatic carbocycles. The molecule has 1 aliphatic rings. The number of halogens is 2. The van der Waals surface area contributed by atoms with E-state index in [9.17, 15) is 8.78 Å². The number of hydrogen-bond donors (Lipinski definition) is 0. The first-order valence-corrected chi connectivity index (χ1v) is 4.73. The highest BCUT2D eigenvalue weighted by Crippen LogP contribution is 2.33. The van der Waals surface area contributed by atoms with Crippen molar-refractivity contribution in [2.24, 2.45) is 0 Å². The lowest BCUT2D eigenvalue weighted by atomic mass is 10.00. The fourth-order valence-corrected chi connectivity index (χ4v) is 1.76. The van der Waals surface area contributed by atoms with E-state index in [1.165, 1.54) is 0 Å². The van der Waals surface area contributed by atoms with Gasteiger partial charge in [0.25, 0.3) is 0 Å². The third-order valence-electron chi connectivity index (χ3n) is 2.45. The average molecular weight is 209 g/mol. The summed E-state index contributed by atoms with van der Waals surface area (Å²) in [6.45, 7) is 0.453. The molecule has 0 spiro atoms. The van der Waals surface area contributed by atoms with E-state index in [2.05, 4.69) is 0 Å². The molecule has 0 atom stereocenters. The predicted octanol–water partition coefficient (Wildman–Crippen LogP) is 2.36. The molecule has 78 valence electrons. The number of nitriles is 1. The lowest BCUT2D eigenvalue weighted by Crippen LogP contribution is -2.13. The molecule has 0 amide bonds. The van der Waals surface area contributed by atoms with Crippen molar-refractivity contribution >= 4 is 0 Å². The molecule has 0 bridgehead atoms. The van der Waals surface area contributed by atoms with Gasteiger partial charge in [-0.15, -0.1) is 0 Å². The Morgan fingerprint density at radius 3 is 2.93 bits per heavy atom. The zero-order valence-electron chi connectivity index (χ0n) is 8.02. The van der Waals surface area contributed by atoms with E-state index in [1.54, 1.807) is 0 Å². The van der Waals surface area contributed by atoms with Gasteiger partial charge in [0.1, 0.15) is 17.4 Å². The summed E-state index contributed by atoms with van der Waals surface area (Å²) in [5.74, 6) is -1.04. The van der Waals surface area contributed by atoms with Crippen LogP contribution in [0.4, 0.5) is 8.78 Å². The van der Waals surface area contributed by atoms with Crippen LogP contribution in [-0.4, -0.2) is 6.61 Å². The normalized spacial score (nSPS) is 13.9. The quantitative estimate of drug-likeness (QED) is 0.711. The number of nitrogens with zero attached hydrogens (tertiary/aromatic N) is 1. The van der Waals surface area contributed by atoms with Crippen molar-refractivity contribution in [1.82, 2.24) is 0 Å². The van der Waals surface area contributed by atoms with Crippen LogP contribution in [-0.2, 0) is 12.8 Å². The van der Waals surface area contributed by atoms with E-state index < -0.39 is 11.6 Å². The van der Waals surface area contributed by atoms with Gasteiger partial charge in [-0.3, -0.25) is 0 Å². The van der Waals surface area contributed by atoms with Gasteiger partial charge in [0.15, 0.2) is 0 Å². The Balaban J connectivity index is 2.59. The first-order chi connectivity index (χ1) is 7.24. The van der Waals surface area contributed by atoms with Crippen molar-refractivity contribution in [3.8, 4) is 11.8 Å². The molecule has 4 heteroatoms. The van der Waals surface area contributed by atoms with Gasteiger partial charge in [0.05, 0.1) is 19.1 Å². The van der Waals surface area contributed by atoms with E-state index in [4.69, 9.17) is 10.00 Å². The number of fused-ring (bicyclic) bond motifs is 1. The summed E-state index contributed by atoms with van der Waals surface area (Å²) in [5, 5.41) is 8.55. The Bertz CT molecular complexity index is 437. The fourth-order valence-electron chi connectivity index (χ4n) is 1.76. The van der Waals surface area contributed by atoms with Crippen LogP contribution in [0, 0.1) is 23.0 Å². The number of rotatable bonds is 1. The molecule has 15 heavy (non-hydrogen) atoms. The Hall–Kier alpha value is -1.63. The smallest absolute Gasteiger partial charge is 0.134 e. The van der Waals surface area contributed by atoms with Gasteiger partial charge in [-0.1, -0.05) is 0 Å². The molecule has 1 aromatic rings. The Kier molecular flexibility index (Phi) is 2.55. The largest absolute Gasteiger partial charge is 0.493 e. The van der Waals surface area contributed by atoms with E-state index in [0.717, 1.165) is 12.5 Å². The zero-order chi connectivity index (χ0) is 10.8. The van der Waals surface area contributed by atoms with Gasteiger partial charge in [-0.2, -0.15) is 5.26 Å². The molecule has 0 aromatic heterocycles. The summed E-state index contributed by atoms with van der Waals surface area (Å²) >= 11 is 0. The number of benzene rings is 1. The lowest BCUT2D eigenvalue weighted by molar-refractivity contribution is 0.278. The van der Waals surface area contributed by atoms with Crippen LogP contribution < -0.4 is 4.74 Å². The lowest BCUT2D eigenvalue weighted by Gasteiger charge is -2.20. The highest BCUT2D eigenvalue weighted by molar-refractivity contribution is 5.45. The first-order valence-electron chi connectivity index (χ1n) is 4.73. The molecule has 0 saturated heterocycles. The molecule has 0 aliphatic carbocycles. The minimum absolute atomic E-state index is 0.0888. The summed E-state index contributed by atoms with van der Waals surface area (Å²) in [4.78, 5) is 0. The summed E-state index contributed by atoms with van der Waals surface area (Å²) < 4.78 is 31.9. The molecule has 0 unspecified atom stereocenters. The van der Waals surface area contributed by atoms with Gasteiger partial charge in [0, 0.05) is 17.2 Å². The maximum absolute atomic E-state index is 13.4. The van der Waals surface area contributed by atoms with Gasteiger partial charge >= 0.3 is 0 Å². The van der Waals surface area contributed by atoms with Crippen molar-refractivity contribution in [2.45, 2.75) is 19.3 Å². The molecule has 0 N–H and O–H groups in total. The van der Waals surface area contributed by atoms with Crippen LogP contribution in [0.2, 0.25) is 0 Å². The van der Waals surface area contributed by atoms with Crippen molar-refractivity contribution in [3.05, 3.63) is 28.8 Å². The monoisotopic (exact) mass is 209 g/mol. The van der Waals surface area contributed by atoms with E-state index in [-0.39, 0.29) is 17.7 Å². The Labute approximate surface area is 86.1 Å². The summed E-state index contributed by atoms with van der Waals surface area (Å²) in [6.07, 6.45) is 1.18. The van der Waals surface area contributed by atoms with Crippen LogP contribution in [0.5, 0.6) is 5.75 Å². The molecule has 0 fully saturated rings. The van der Waals surface area contributed by atoms with Crippen LogP contribution in [0.1, 0.15) is 17.5 Å². The van der Waals surface area contributed by atoms with E-state index >= 15 is 0 Å². The average Bonchev–Trinajstić information content (AvgIpc) is 2.24. The van der Waals surface area contributed by atoms with Gasteiger partial charge < -0.3 is 4.74 Å². The summed E-state index contributed by atoms with van der Waals surface area (Å²) in [5.41, 5.74) is 0.571. The zero-order valence-corrected chi connectivity index (χ0v) is 8.02. The predicted molar refractivity (Wildman–Crippen MR) is 49.5 cm³/mol. The van der Waals surface area contributed by atoms with Crippen molar-refractivity contribution in [1.29, 1.82) is 5.26 Å². The Morgan fingerprint density at radius 2 is 2.20 bits per heavy atom. The number of hydrogen-bond acceptors (Lipinski definition) is 2. The molecular weight excluding hydrogens is 200 g/mol. The van der Waals surface area contributed by atoms with Crippen LogP contribution in [0.25, 0.3) is 0 Å². The fraction of sp³-hybridized carbons (Fsp3) is 0.364. The second-order valence-electron chi connectivity index (χ2n) is 3.41. The highest BCUT2D eigenvalue weighted by atomic mass is 19.1. The molecule has 0 radical (unpaired) electrons. The summed E-state index contributed by atoms with van der Waals surface area (Å²) in [7, 11) is 0. The van der Waals surface area contributed by atoms with Gasteiger partial charge in [0.2, 0.25) is 0 Å². The second kappa shape index (κ2) is 3.85. The van der Waals surface area contributed by atoms with Crippen molar-refractivity contribution < 1.29 is 13.5 Å². The maximum Gasteiger partial charge on any atom is 0.134 e. The topological polar surface area (TPSA) is 33.0 Å². The molecule has 1 heterocycles. The molecule has 0 saturated carbocycles. The minimum Gasteiger partial charge on any atom is -0.493 e. The summed E-state index contributed by atoms with van der Waals surface area (Å²) in [6, 6.07) is 2.69. The van der Waals surface area contributed by atoms with Gasteiger partial charge in [-0.05, 0) is 12.8 Å². The standard InChI is InChI=1S/C11H9F2NO/c12-9-6-10(13)8(3-4-14)11-7(9)2-1-5-15-11/h6H,1-3,5H2. The first kappa shape index (κ1) is 9.91. The molecule has 2 nitrogen and oxygen atoms in total. The van der Waals surface area contributed by atoms with Crippen LogP contribution >= 0.6 is 0 Å². The van der Waals surface area contributed by atoms with E-state index in [0.29, 0.717) is 18.6 Å². The second-order valence-corrected chi connectivity index (χ2v) is 3.41. The highest BCUT2D eigenvalue weighted by Gasteiger charge is 2.22. The molecular formula is C11H9F2NO. The molecule has 1 aliphatic heterocycles. The minimum atomic E-state index is -0.699. The molecule has 2 rings (SSSR count). The SMILES string of the molecule is N#CCc1c(F)cc(F)c2c1OCCC2. The third-order valence-corrected chi connectivity index (χ3v) is 2.45. The third kappa shape index (κ3) is 1.65. The Morgan fingerprint density at radius 1 is 1.40 bits per heavy atom. The van der Waals surface area contributed by atoms with Crippen molar-refractivity contribution in [3.63, 3.8) is 0 Å². The van der Waals surface area contributed by atoms with E-state index in [1.807, 2.05) is 6.07 Å².